The number of rotatable bonds is 4. The minimum atomic E-state index is -0.0437. The molecule has 0 unspecified atom stereocenters. The summed E-state index contributed by atoms with van der Waals surface area (Å²) in [5.74, 6) is 0.779. The Morgan fingerprint density at radius 1 is 1.39 bits per heavy atom. The Morgan fingerprint density at radius 2 is 2.22 bits per heavy atom. The van der Waals surface area contributed by atoms with Crippen LogP contribution in [0, 0.1) is 5.92 Å². The molecule has 2 amide bonds. The molecule has 0 atom stereocenters. The SMILES string of the molecule is O=C1Cc2cc(C(=O)NCCC3CC3)ccc2N1. The van der Waals surface area contributed by atoms with Crippen molar-refractivity contribution in [1.82, 2.24) is 5.32 Å². The standard InChI is InChI=1S/C14H16N2O2/c17-13-8-11-7-10(3-4-12(11)16-13)14(18)15-6-5-9-1-2-9/h3-4,7,9H,1-2,5-6,8H2,(H,15,18)(H,16,17). The molecule has 4 nitrogen and oxygen atoms in total. The first kappa shape index (κ1) is 11.3. The number of hydrogen-bond acceptors (Lipinski definition) is 2. The molecule has 1 saturated carbocycles. The fraction of sp³-hybridized carbons (Fsp3) is 0.429. The molecule has 0 saturated heterocycles. The predicted molar refractivity (Wildman–Crippen MR) is 68.4 cm³/mol. The Bertz CT molecular complexity index is 507. The summed E-state index contributed by atoms with van der Waals surface area (Å²) >= 11 is 0. The van der Waals surface area contributed by atoms with Crippen molar-refractivity contribution in [3.8, 4) is 0 Å². The van der Waals surface area contributed by atoms with Crippen molar-refractivity contribution < 1.29 is 9.59 Å². The highest BCUT2D eigenvalue weighted by Gasteiger charge is 2.21. The summed E-state index contributed by atoms with van der Waals surface area (Å²) in [7, 11) is 0. The second kappa shape index (κ2) is 4.44. The molecule has 4 heteroatoms. The van der Waals surface area contributed by atoms with E-state index in [1.54, 1.807) is 18.2 Å². The Labute approximate surface area is 106 Å². The van der Waals surface area contributed by atoms with Crippen LogP contribution in [-0.4, -0.2) is 18.4 Å². The van der Waals surface area contributed by atoms with Gasteiger partial charge in [0.2, 0.25) is 5.91 Å². The molecule has 1 fully saturated rings. The summed E-state index contributed by atoms with van der Waals surface area (Å²) < 4.78 is 0. The molecule has 0 aromatic heterocycles. The van der Waals surface area contributed by atoms with Gasteiger partial charge in [-0.2, -0.15) is 0 Å². The summed E-state index contributed by atoms with van der Waals surface area (Å²) in [6.45, 7) is 0.748. The van der Waals surface area contributed by atoms with Crippen molar-refractivity contribution in [2.45, 2.75) is 25.7 Å². The first-order valence-corrected chi connectivity index (χ1v) is 6.43. The highest BCUT2D eigenvalue weighted by atomic mass is 16.2. The van der Waals surface area contributed by atoms with Gasteiger partial charge in [-0.05, 0) is 36.1 Å². The van der Waals surface area contributed by atoms with Gasteiger partial charge in [-0.3, -0.25) is 9.59 Å². The van der Waals surface area contributed by atoms with E-state index in [1.807, 2.05) is 0 Å². The lowest BCUT2D eigenvalue weighted by atomic mass is 10.1. The number of nitrogens with one attached hydrogen (secondary N) is 2. The predicted octanol–water partition coefficient (Wildman–Crippen LogP) is 1.71. The highest BCUT2D eigenvalue weighted by molar-refractivity contribution is 6.01. The minimum absolute atomic E-state index is 0.00343. The lowest BCUT2D eigenvalue weighted by Crippen LogP contribution is -2.24. The zero-order chi connectivity index (χ0) is 12.5. The number of hydrogen-bond donors (Lipinski definition) is 2. The first-order chi connectivity index (χ1) is 8.72. The Balaban J connectivity index is 1.62. The van der Waals surface area contributed by atoms with Crippen molar-refractivity contribution in [1.29, 1.82) is 0 Å². The van der Waals surface area contributed by atoms with Crippen molar-refractivity contribution >= 4 is 17.5 Å². The molecule has 1 aliphatic heterocycles. The number of carbonyl (C=O) groups excluding carboxylic acids is 2. The van der Waals surface area contributed by atoms with E-state index in [-0.39, 0.29) is 11.8 Å². The lowest BCUT2D eigenvalue weighted by molar-refractivity contribution is -0.115. The van der Waals surface area contributed by atoms with E-state index in [9.17, 15) is 9.59 Å². The molecular formula is C14H16N2O2. The van der Waals surface area contributed by atoms with Gasteiger partial charge in [-0.25, -0.2) is 0 Å². The average Bonchev–Trinajstić information content (AvgIpc) is 3.08. The summed E-state index contributed by atoms with van der Waals surface area (Å²) in [5.41, 5.74) is 2.38. The molecule has 1 aliphatic carbocycles. The molecule has 2 aliphatic rings. The number of benzene rings is 1. The number of fused-ring (bicyclic) bond motifs is 1. The van der Waals surface area contributed by atoms with E-state index in [4.69, 9.17) is 0 Å². The van der Waals surface area contributed by atoms with Gasteiger partial charge in [0.25, 0.3) is 5.91 Å². The largest absolute Gasteiger partial charge is 0.352 e. The molecule has 1 aromatic rings. The van der Waals surface area contributed by atoms with Crippen LogP contribution < -0.4 is 10.6 Å². The number of carbonyl (C=O) groups is 2. The number of anilines is 1. The van der Waals surface area contributed by atoms with Crippen LogP contribution in [0.4, 0.5) is 5.69 Å². The zero-order valence-electron chi connectivity index (χ0n) is 10.2. The minimum Gasteiger partial charge on any atom is -0.352 e. The van der Waals surface area contributed by atoms with Crippen molar-refractivity contribution in [2.75, 3.05) is 11.9 Å². The molecule has 3 rings (SSSR count). The van der Waals surface area contributed by atoms with E-state index in [0.717, 1.165) is 30.1 Å². The van der Waals surface area contributed by atoms with Gasteiger partial charge in [0, 0.05) is 17.8 Å². The molecule has 0 radical (unpaired) electrons. The Morgan fingerprint density at radius 3 is 3.00 bits per heavy atom. The molecule has 2 N–H and O–H groups in total. The molecular weight excluding hydrogens is 228 g/mol. The van der Waals surface area contributed by atoms with E-state index < -0.39 is 0 Å². The second-order valence-corrected chi connectivity index (χ2v) is 5.08. The maximum absolute atomic E-state index is 11.9. The van der Waals surface area contributed by atoms with Gasteiger partial charge in [0.05, 0.1) is 6.42 Å². The van der Waals surface area contributed by atoms with Crippen molar-refractivity contribution in [2.24, 2.45) is 5.92 Å². The number of amides is 2. The maximum atomic E-state index is 11.9. The smallest absolute Gasteiger partial charge is 0.251 e. The monoisotopic (exact) mass is 244 g/mol. The summed E-state index contributed by atoms with van der Waals surface area (Å²) in [5, 5.41) is 5.69. The van der Waals surface area contributed by atoms with Gasteiger partial charge >= 0.3 is 0 Å². The van der Waals surface area contributed by atoms with Gasteiger partial charge in [0.15, 0.2) is 0 Å². The molecule has 1 aromatic carbocycles. The van der Waals surface area contributed by atoms with Crippen LogP contribution in [0.3, 0.4) is 0 Å². The summed E-state index contributed by atoms with van der Waals surface area (Å²) in [6, 6.07) is 5.37. The first-order valence-electron chi connectivity index (χ1n) is 6.43. The second-order valence-electron chi connectivity index (χ2n) is 5.08. The highest BCUT2D eigenvalue weighted by Crippen LogP contribution is 2.31. The quantitative estimate of drug-likeness (QED) is 0.847. The van der Waals surface area contributed by atoms with E-state index in [1.165, 1.54) is 12.8 Å². The molecule has 94 valence electrons. The fourth-order valence-electron chi connectivity index (χ4n) is 2.27. The van der Waals surface area contributed by atoms with Gasteiger partial charge < -0.3 is 10.6 Å². The normalized spacial score (nSPS) is 17.2. The maximum Gasteiger partial charge on any atom is 0.251 e. The van der Waals surface area contributed by atoms with Crippen LogP contribution in [0.5, 0.6) is 0 Å². The fourth-order valence-corrected chi connectivity index (χ4v) is 2.27. The van der Waals surface area contributed by atoms with Crippen molar-refractivity contribution in [3.05, 3.63) is 29.3 Å². The van der Waals surface area contributed by atoms with E-state index in [0.29, 0.717) is 12.0 Å². The van der Waals surface area contributed by atoms with Gasteiger partial charge in [-0.15, -0.1) is 0 Å². The van der Waals surface area contributed by atoms with Gasteiger partial charge in [0.1, 0.15) is 0 Å². The Kier molecular flexibility index (Phi) is 2.78. The van der Waals surface area contributed by atoms with Crippen LogP contribution in [0.25, 0.3) is 0 Å². The molecule has 18 heavy (non-hydrogen) atoms. The van der Waals surface area contributed by atoms with E-state index >= 15 is 0 Å². The molecule has 1 heterocycles. The average molecular weight is 244 g/mol. The molecule has 0 bridgehead atoms. The third-order valence-corrected chi connectivity index (χ3v) is 3.53. The van der Waals surface area contributed by atoms with E-state index in [2.05, 4.69) is 10.6 Å². The third-order valence-electron chi connectivity index (χ3n) is 3.53. The van der Waals surface area contributed by atoms with Crippen LogP contribution in [-0.2, 0) is 11.2 Å². The van der Waals surface area contributed by atoms with Gasteiger partial charge in [-0.1, -0.05) is 12.8 Å². The summed E-state index contributed by atoms with van der Waals surface area (Å²) in [4.78, 5) is 23.1. The van der Waals surface area contributed by atoms with Crippen LogP contribution in [0.2, 0.25) is 0 Å². The molecule has 0 spiro atoms. The van der Waals surface area contributed by atoms with Crippen LogP contribution >= 0.6 is 0 Å². The third kappa shape index (κ3) is 2.37. The lowest BCUT2D eigenvalue weighted by Gasteiger charge is -2.06. The zero-order valence-corrected chi connectivity index (χ0v) is 10.2. The van der Waals surface area contributed by atoms with Crippen molar-refractivity contribution in [3.63, 3.8) is 0 Å². The Hall–Kier alpha value is -1.84. The summed E-state index contributed by atoms with van der Waals surface area (Å²) in [6.07, 6.45) is 4.07. The van der Waals surface area contributed by atoms with Crippen LogP contribution in [0.1, 0.15) is 35.2 Å². The van der Waals surface area contributed by atoms with Crippen LogP contribution in [0.15, 0.2) is 18.2 Å². The topological polar surface area (TPSA) is 58.2 Å².